The van der Waals surface area contributed by atoms with Crippen molar-refractivity contribution in [1.82, 2.24) is 0 Å². The van der Waals surface area contributed by atoms with Crippen LogP contribution in [0.25, 0.3) is 10.4 Å². The molecule has 10 nitrogen and oxygen atoms in total. The highest BCUT2D eigenvalue weighted by Crippen LogP contribution is 2.39. The molecule has 2 aliphatic rings. The third-order valence-corrected chi connectivity index (χ3v) is 5.62. The standard InChI is InChI=1S/C16H21N3O7S/c1-9-4-6-10(7-5-9)27(21,22)23-8-11(20)13-12(18-19-17)14-15(24-13)26-16(2,3)25-14/h4-7,11-15,20H,8H2,1-3H3/t11-,12-,13+,14+,15+/m1/s1. The van der Waals surface area contributed by atoms with Crippen LogP contribution < -0.4 is 0 Å². The molecule has 2 saturated heterocycles. The van der Waals surface area contributed by atoms with E-state index in [-0.39, 0.29) is 4.90 Å². The van der Waals surface area contributed by atoms with Crippen molar-refractivity contribution in [3.05, 3.63) is 40.3 Å². The van der Waals surface area contributed by atoms with E-state index < -0.39 is 53.2 Å². The lowest BCUT2D eigenvalue weighted by atomic mass is 10.0. The van der Waals surface area contributed by atoms with Crippen molar-refractivity contribution in [2.24, 2.45) is 5.11 Å². The van der Waals surface area contributed by atoms with Gasteiger partial charge in [0.2, 0.25) is 0 Å². The maximum absolute atomic E-state index is 12.2. The Morgan fingerprint density at radius 1 is 1.33 bits per heavy atom. The van der Waals surface area contributed by atoms with Gasteiger partial charge in [0.05, 0.1) is 17.5 Å². The van der Waals surface area contributed by atoms with Gasteiger partial charge in [0.25, 0.3) is 10.1 Å². The lowest BCUT2D eigenvalue weighted by Crippen LogP contribution is -2.42. The van der Waals surface area contributed by atoms with Crippen LogP contribution in [-0.2, 0) is 28.5 Å². The van der Waals surface area contributed by atoms with Crippen molar-refractivity contribution in [3.8, 4) is 0 Å². The number of aliphatic hydroxyl groups is 1. The van der Waals surface area contributed by atoms with Gasteiger partial charge in [-0.25, -0.2) is 0 Å². The molecule has 0 aromatic heterocycles. The first kappa shape index (κ1) is 20.0. The molecule has 0 aliphatic carbocycles. The molecular weight excluding hydrogens is 378 g/mol. The molecule has 11 heteroatoms. The summed E-state index contributed by atoms with van der Waals surface area (Å²) in [5.74, 6) is -0.917. The van der Waals surface area contributed by atoms with Gasteiger partial charge in [-0.05, 0) is 38.4 Å². The predicted molar refractivity (Wildman–Crippen MR) is 92.0 cm³/mol. The number of aliphatic hydroxyl groups excluding tert-OH is 1. The van der Waals surface area contributed by atoms with Crippen molar-refractivity contribution in [1.29, 1.82) is 0 Å². The number of rotatable bonds is 6. The fourth-order valence-electron chi connectivity index (χ4n) is 3.05. The topological polar surface area (TPSA) is 140 Å². The number of hydrogen-bond donors (Lipinski definition) is 1. The molecule has 0 spiro atoms. The van der Waals surface area contributed by atoms with Gasteiger partial charge in [0.15, 0.2) is 12.1 Å². The fraction of sp³-hybridized carbons (Fsp3) is 0.625. The van der Waals surface area contributed by atoms with Crippen LogP contribution in [0.15, 0.2) is 34.3 Å². The Kier molecular flexibility index (Phi) is 5.46. The Labute approximate surface area is 156 Å². The van der Waals surface area contributed by atoms with Crippen LogP contribution in [0.5, 0.6) is 0 Å². The summed E-state index contributed by atoms with van der Waals surface area (Å²) in [6.07, 6.45) is -3.94. The Bertz CT molecular complexity index is 836. The van der Waals surface area contributed by atoms with E-state index in [4.69, 9.17) is 23.9 Å². The quantitative estimate of drug-likeness (QED) is 0.332. The van der Waals surface area contributed by atoms with Gasteiger partial charge in [-0.2, -0.15) is 8.42 Å². The summed E-state index contributed by atoms with van der Waals surface area (Å²) in [6, 6.07) is 5.23. The van der Waals surface area contributed by atoms with E-state index in [9.17, 15) is 13.5 Å². The summed E-state index contributed by atoms with van der Waals surface area (Å²) >= 11 is 0. The third-order valence-electron chi connectivity index (χ3n) is 4.32. The van der Waals surface area contributed by atoms with E-state index in [1.54, 1.807) is 26.0 Å². The number of benzene rings is 1. The summed E-state index contributed by atoms with van der Waals surface area (Å²) in [4.78, 5) is 2.74. The molecule has 2 fully saturated rings. The highest BCUT2D eigenvalue weighted by atomic mass is 32.2. The van der Waals surface area contributed by atoms with Crippen LogP contribution >= 0.6 is 0 Å². The van der Waals surface area contributed by atoms with Gasteiger partial charge in [-0.3, -0.25) is 4.18 Å². The van der Waals surface area contributed by atoms with Crippen LogP contribution in [0.1, 0.15) is 19.4 Å². The van der Waals surface area contributed by atoms with Crippen LogP contribution in [0, 0.1) is 6.92 Å². The van der Waals surface area contributed by atoms with Crippen molar-refractivity contribution in [2.45, 2.75) is 62.1 Å². The van der Waals surface area contributed by atoms with Gasteiger partial charge < -0.3 is 19.3 Å². The number of nitrogens with zero attached hydrogens (tertiary/aromatic N) is 3. The van der Waals surface area contributed by atoms with Gasteiger partial charge in [0, 0.05) is 4.91 Å². The average molecular weight is 399 g/mol. The molecule has 1 aromatic carbocycles. The summed E-state index contributed by atoms with van der Waals surface area (Å²) in [5, 5.41) is 14.0. The minimum absolute atomic E-state index is 0.0236. The Hall–Kier alpha value is -1.72. The Morgan fingerprint density at radius 2 is 2.00 bits per heavy atom. The van der Waals surface area contributed by atoms with Crippen LogP contribution in [-0.4, -0.2) is 56.6 Å². The largest absolute Gasteiger partial charge is 0.388 e. The highest BCUT2D eigenvalue weighted by Gasteiger charge is 2.56. The summed E-state index contributed by atoms with van der Waals surface area (Å²) < 4.78 is 46.3. The first-order chi connectivity index (χ1) is 12.6. The summed E-state index contributed by atoms with van der Waals surface area (Å²) in [6.45, 7) is 4.63. The van der Waals surface area contributed by atoms with Crippen LogP contribution in [0.2, 0.25) is 0 Å². The maximum atomic E-state index is 12.2. The molecule has 1 aromatic rings. The van der Waals surface area contributed by atoms with Gasteiger partial charge in [-0.15, -0.1) is 0 Å². The molecule has 27 heavy (non-hydrogen) atoms. The number of hydrogen-bond acceptors (Lipinski definition) is 8. The van der Waals surface area contributed by atoms with Crippen LogP contribution in [0.4, 0.5) is 0 Å². The lowest BCUT2D eigenvalue weighted by Gasteiger charge is -2.26. The molecule has 2 aliphatic heterocycles. The molecule has 0 bridgehead atoms. The molecule has 148 valence electrons. The molecule has 2 heterocycles. The van der Waals surface area contributed by atoms with Gasteiger partial charge >= 0.3 is 0 Å². The zero-order chi connectivity index (χ0) is 19.8. The van der Waals surface area contributed by atoms with Crippen molar-refractivity contribution in [3.63, 3.8) is 0 Å². The molecule has 1 N–H and O–H groups in total. The molecule has 0 saturated carbocycles. The molecular formula is C16H21N3O7S. The van der Waals surface area contributed by atoms with E-state index in [0.717, 1.165) is 5.56 Å². The van der Waals surface area contributed by atoms with E-state index in [2.05, 4.69) is 10.0 Å². The van der Waals surface area contributed by atoms with E-state index >= 15 is 0 Å². The first-order valence-corrected chi connectivity index (χ1v) is 9.73. The summed E-state index contributed by atoms with van der Waals surface area (Å²) in [7, 11) is -4.05. The first-order valence-electron chi connectivity index (χ1n) is 8.32. The smallest absolute Gasteiger partial charge is 0.297 e. The predicted octanol–water partition coefficient (Wildman–Crippen LogP) is 1.62. The fourth-order valence-corrected chi connectivity index (χ4v) is 3.98. The summed E-state index contributed by atoms with van der Waals surface area (Å²) in [5.41, 5.74) is 9.71. The molecule has 0 radical (unpaired) electrons. The molecule has 3 rings (SSSR count). The molecule has 0 unspecified atom stereocenters. The van der Waals surface area contributed by atoms with Crippen LogP contribution in [0.3, 0.4) is 0 Å². The minimum Gasteiger partial charge on any atom is -0.388 e. The monoisotopic (exact) mass is 399 g/mol. The number of azide groups is 1. The van der Waals surface area contributed by atoms with Crippen molar-refractivity contribution >= 4 is 10.1 Å². The van der Waals surface area contributed by atoms with E-state index in [1.165, 1.54) is 12.1 Å². The average Bonchev–Trinajstić information content (AvgIpc) is 3.06. The zero-order valence-electron chi connectivity index (χ0n) is 15.0. The number of fused-ring (bicyclic) bond motifs is 1. The number of ether oxygens (including phenoxy) is 3. The molecule has 0 amide bonds. The second kappa shape index (κ2) is 7.36. The van der Waals surface area contributed by atoms with Gasteiger partial charge in [0.1, 0.15) is 18.3 Å². The Balaban J connectivity index is 1.68. The second-order valence-electron chi connectivity index (χ2n) is 6.88. The zero-order valence-corrected chi connectivity index (χ0v) is 15.9. The number of aryl methyl sites for hydroxylation is 1. The minimum atomic E-state index is -4.05. The second-order valence-corrected chi connectivity index (χ2v) is 8.50. The van der Waals surface area contributed by atoms with Crippen molar-refractivity contribution < 1.29 is 31.9 Å². The Morgan fingerprint density at radius 3 is 2.63 bits per heavy atom. The third kappa shape index (κ3) is 4.25. The van der Waals surface area contributed by atoms with E-state index in [0.29, 0.717) is 0 Å². The SMILES string of the molecule is Cc1ccc(S(=O)(=O)OC[C@@H](O)[C@@H]2O[C@H]3OC(C)(C)O[C@H]3[C@@H]2N=[N+]=[N-])cc1. The molecule has 5 atom stereocenters. The maximum Gasteiger partial charge on any atom is 0.297 e. The lowest BCUT2D eigenvalue weighted by molar-refractivity contribution is -0.216. The highest BCUT2D eigenvalue weighted by molar-refractivity contribution is 7.86. The normalized spacial score (nSPS) is 30.5. The van der Waals surface area contributed by atoms with E-state index in [1.807, 2.05) is 6.92 Å². The van der Waals surface area contributed by atoms with Gasteiger partial charge in [-0.1, -0.05) is 22.8 Å². The van der Waals surface area contributed by atoms with Crippen molar-refractivity contribution in [2.75, 3.05) is 6.61 Å².